The van der Waals surface area contributed by atoms with E-state index in [0.29, 0.717) is 5.56 Å². The summed E-state index contributed by atoms with van der Waals surface area (Å²) in [5.41, 5.74) is 0.859. The van der Waals surface area contributed by atoms with Gasteiger partial charge < -0.3 is 10.0 Å². The number of aryl methyl sites for hydroxylation is 1. The van der Waals surface area contributed by atoms with Gasteiger partial charge in [0.25, 0.3) is 5.91 Å². The summed E-state index contributed by atoms with van der Waals surface area (Å²) < 4.78 is 13.3. The summed E-state index contributed by atoms with van der Waals surface area (Å²) in [5.74, 6) is -1.93. The molecule has 1 amide bonds. The number of carbonyl (C=O) groups excluding carboxylic acids is 1. The molecule has 0 heterocycles. The summed E-state index contributed by atoms with van der Waals surface area (Å²) in [6, 6.07) is 4.04. The average Bonchev–Trinajstić information content (AvgIpc) is 2.22. The predicted octanol–water partition coefficient (Wildman–Crippen LogP) is 2.21. The third-order valence-electron chi connectivity index (χ3n) is 3.37. The number of carbonyl (C=O) groups is 2. The Morgan fingerprint density at radius 2 is 2.05 bits per heavy atom. The van der Waals surface area contributed by atoms with Crippen molar-refractivity contribution >= 4 is 11.9 Å². The second kappa shape index (κ2) is 5.38. The fourth-order valence-electron chi connectivity index (χ4n) is 2.24. The Bertz CT molecular complexity index is 491. The second-order valence-corrected chi connectivity index (χ2v) is 4.93. The third-order valence-corrected chi connectivity index (χ3v) is 3.37. The minimum Gasteiger partial charge on any atom is -0.480 e. The Balaban J connectivity index is 2.24. The number of hydrogen-bond acceptors (Lipinski definition) is 2. The zero-order chi connectivity index (χ0) is 14.0. The Morgan fingerprint density at radius 1 is 1.37 bits per heavy atom. The first kappa shape index (κ1) is 13.5. The molecule has 5 heteroatoms. The molecule has 1 aromatic carbocycles. The highest BCUT2D eigenvalue weighted by atomic mass is 19.1. The summed E-state index contributed by atoms with van der Waals surface area (Å²) in [6.45, 7) is 1.36. The average molecular weight is 265 g/mol. The monoisotopic (exact) mass is 265 g/mol. The first-order valence-corrected chi connectivity index (χ1v) is 6.27. The minimum atomic E-state index is -1.05. The first-order valence-electron chi connectivity index (χ1n) is 6.27. The van der Waals surface area contributed by atoms with Gasteiger partial charge in [0.05, 0.1) is 0 Å². The molecule has 1 aliphatic carbocycles. The quantitative estimate of drug-likeness (QED) is 0.908. The lowest BCUT2D eigenvalue weighted by Crippen LogP contribution is -2.46. The van der Waals surface area contributed by atoms with E-state index in [1.54, 1.807) is 13.0 Å². The minimum absolute atomic E-state index is 0.0350. The lowest BCUT2D eigenvalue weighted by Gasteiger charge is -2.36. The van der Waals surface area contributed by atoms with Crippen molar-refractivity contribution in [2.24, 2.45) is 0 Å². The van der Waals surface area contributed by atoms with Crippen molar-refractivity contribution in [2.75, 3.05) is 6.54 Å². The number of benzene rings is 1. The van der Waals surface area contributed by atoms with Gasteiger partial charge in [0.15, 0.2) is 0 Å². The molecule has 19 heavy (non-hydrogen) atoms. The maximum Gasteiger partial charge on any atom is 0.323 e. The molecule has 1 fully saturated rings. The maximum absolute atomic E-state index is 13.3. The van der Waals surface area contributed by atoms with E-state index in [4.69, 9.17) is 5.11 Å². The highest BCUT2D eigenvalue weighted by Crippen LogP contribution is 2.26. The molecule has 1 aromatic rings. The number of amides is 1. The van der Waals surface area contributed by atoms with Gasteiger partial charge in [-0.15, -0.1) is 0 Å². The summed E-state index contributed by atoms with van der Waals surface area (Å²) in [5, 5.41) is 8.89. The first-order chi connectivity index (χ1) is 8.97. The molecule has 0 saturated heterocycles. The fraction of sp³-hybridized carbons (Fsp3) is 0.429. The summed E-state index contributed by atoms with van der Waals surface area (Å²) >= 11 is 0. The highest BCUT2D eigenvalue weighted by molar-refractivity contribution is 5.96. The van der Waals surface area contributed by atoms with Gasteiger partial charge in [0, 0.05) is 11.6 Å². The number of nitrogens with zero attached hydrogens (tertiary/aromatic N) is 1. The van der Waals surface area contributed by atoms with Crippen molar-refractivity contribution < 1.29 is 19.1 Å². The van der Waals surface area contributed by atoms with E-state index < -0.39 is 17.7 Å². The van der Waals surface area contributed by atoms with Crippen molar-refractivity contribution in [3.8, 4) is 0 Å². The number of hydrogen-bond donors (Lipinski definition) is 1. The molecule has 0 aliphatic heterocycles. The van der Waals surface area contributed by atoms with Crippen molar-refractivity contribution in [2.45, 2.75) is 32.2 Å². The zero-order valence-electron chi connectivity index (χ0n) is 10.7. The van der Waals surface area contributed by atoms with Crippen molar-refractivity contribution in [3.05, 3.63) is 35.1 Å². The van der Waals surface area contributed by atoms with Crippen LogP contribution >= 0.6 is 0 Å². The second-order valence-electron chi connectivity index (χ2n) is 4.93. The molecule has 102 valence electrons. The van der Waals surface area contributed by atoms with Crippen LogP contribution in [0.2, 0.25) is 0 Å². The molecule has 0 aromatic heterocycles. The van der Waals surface area contributed by atoms with Crippen LogP contribution in [0.4, 0.5) is 4.39 Å². The van der Waals surface area contributed by atoms with Gasteiger partial charge >= 0.3 is 5.97 Å². The molecular weight excluding hydrogens is 249 g/mol. The van der Waals surface area contributed by atoms with Crippen LogP contribution in [0.1, 0.15) is 35.2 Å². The van der Waals surface area contributed by atoms with Crippen LogP contribution in [0.15, 0.2) is 18.2 Å². The van der Waals surface area contributed by atoms with E-state index in [1.807, 2.05) is 0 Å². The smallest absolute Gasteiger partial charge is 0.323 e. The van der Waals surface area contributed by atoms with Crippen LogP contribution in [-0.2, 0) is 4.79 Å². The number of carboxylic acid groups (broad SMARTS) is 1. The Labute approximate surface area is 110 Å². The van der Waals surface area contributed by atoms with E-state index in [0.717, 1.165) is 25.3 Å². The lowest BCUT2D eigenvalue weighted by atomic mass is 9.91. The number of carboxylic acids is 1. The zero-order valence-corrected chi connectivity index (χ0v) is 10.7. The summed E-state index contributed by atoms with van der Waals surface area (Å²) in [7, 11) is 0. The van der Waals surface area contributed by atoms with Crippen LogP contribution in [0, 0.1) is 12.7 Å². The maximum atomic E-state index is 13.3. The van der Waals surface area contributed by atoms with Gasteiger partial charge in [0.1, 0.15) is 12.4 Å². The van der Waals surface area contributed by atoms with Gasteiger partial charge in [-0.3, -0.25) is 9.59 Å². The van der Waals surface area contributed by atoms with E-state index in [-0.39, 0.29) is 18.2 Å². The molecule has 1 N–H and O–H groups in total. The molecule has 1 saturated carbocycles. The van der Waals surface area contributed by atoms with Crippen molar-refractivity contribution in [1.82, 2.24) is 4.90 Å². The largest absolute Gasteiger partial charge is 0.480 e. The molecule has 0 unspecified atom stereocenters. The van der Waals surface area contributed by atoms with Crippen LogP contribution in [0.25, 0.3) is 0 Å². The van der Waals surface area contributed by atoms with Gasteiger partial charge in [-0.05, 0) is 49.9 Å². The van der Waals surface area contributed by atoms with Gasteiger partial charge in [-0.2, -0.15) is 0 Å². The van der Waals surface area contributed by atoms with E-state index in [1.165, 1.54) is 11.0 Å². The van der Waals surface area contributed by atoms with Crippen molar-refractivity contribution in [3.63, 3.8) is 0 Å². The van der Waals surface area contributed by atoms with Gasteiger partial charge in [-0.1, -0.05) is 0 Å². The van der Waals surface area contributed by atoms with E-state index in [9.17, 15) is 14.0 Å². The molecule has 4 nitrogen and oxygen atoms in total. The molecule has 0 spiro atoms. The number of rotatable bonds is 4. The predicted molar refractivity (Wildman–Crippen MR) is 67.4 cm³/mol. The van der Waals surface area contributed by atoms with Crippen molar-refractivity contribution in [1.29, 1.82) is 0 Å². The highest BCUT2D eigenvalue weighted by Gasteiger charge is 2.31. The standard InChI is InChI=1S/C14H16FNO3/c1-9-5-10(7-11(15)6-9)14(19)16(8-13(17)18)12-3-2-4-12/h5-7,12H,2-4,8H2,1H3,(H,17,18). The van der Waals surface area contributed by atoms with Gasteiger partial charge in [0.2, 0.25) is 0 Å². The van der Waals surface area contributed by atoms with Gasteiger partial charge in [-0.25, -0.2) is 4.39 Å². The molecular formula is C14H16FNO3. The van der Waals surface area contributed by atoms with Crippen LogP contribution in [0.5, 0.6) is 0 Å². The SMILES string of the molecule is Cc1cc(F)cc(C(=O)N(CC(=O)O)C2CCC2)c1. The third kappa shape index (κ3) is 3.10. The van der Waals surface area contributed by atoms with E-state index >= 15 is 0 Å². The Morgan fingerprint density at radius 3 is 2.53 bits per heavy atom. The Kier molecular flexibility index (Phi) is 3.83. The normalized spacial score (nSPS) is 14.8. The summed E-state index contributed by atoms with van der Waals surface area (Å²) in [4.78, 5) is 24.5. The van der Waals surface area contributed by atoms with Crippen LogP contribution in [0.3, 0.4) is 0 Å². The fourth-order valence-corrected chi connectivity index (χ4v) is 2.24. The molecule has 2 rings (SSSR count). The Hall–Kier alpha value is -1.91. The molecule has 0 bridgehead atoms. The molecule has 0 atom stereocenters. The lowest BCUT2D eigenvalue weighted by molar-refractivity contribution is -0.138. The number of halogens is 1. The number of aliphatic carboxylic acids is 1. The van der Waals surface area contributed by atoms with Crippen LogP contribution < -0.4 is 0 Å². The van der Waals surface area contributed by atoms with E-state index in [2.05, 4.69) is 0 Å². The topological polar surface area (TPSA) is 57.6 Å². The molecule has 1 aliphatic rings. The summed E-state index contributed by atoms with van der Waals surface area (Å²) in [6.07, 6.45) is 2.62. The van der Waals surface area contributed by atoms with Crippen LogP contribution in [-0.4, -0.2) is 34.5 Å². The molecule has 0 radical (unpaired) electrons.